The zero-order valence-electron chi connectivity index (χ0n) is 10.5. The summed E-state index contributed by atoms with van der Waals surface area (Å²) in [5.74, 6) is 0.688. The maximum Gasteiger partial charge on any atom is 0.107 e. The first-order valence-corrected chi connectivity index (χ1v) is 7.57. The molecule has 2 rings (SSSR count). The average Bonchev–Trinajstić information content (AvgIpc) is 2.86. The number of hydrogen-bond donors (Lipinski definition) is 1. The van der Waals surface area contributed by atoms with Gasteiger partial charge < -0.3 is 5.32 Å². The Morgan fingerprint density at radius 3 is 2.88 bits per heavy atom. The van der Waals surface area contributed by atoms with Gasteiger partial charge in [-0.3, -0.25) is 0 Å². The number of nitrogens with zero attached hydrogens (tertiary/aromatic N) is 1. The van der Waals surface area contributed by atoms with Crippen molar-refractivity contribution in [3.63, 3.8) is 0 Å². The molecule has 17 heavy (non-hydrogen) atoms. The lowest BCUT2D eigenvalue weighted by Gasteiger charge is -2.04. The second-order valence-electron chi connectivity index (χ2n) is 4.51. The minimum absolute atomic E-state index is 0.688. The molecule has 0 amide bonds. The maximum absolute atomic E-state index is 4.72. The van der Waals surface area contributed by atoms with Crippen LogP contribution in [0.4, 0.5) is 0 Å². The van der Waals surface area contributed by atoms with Gasteiger partial charge in [0.1, 0.15) is 5.01 Å². The average molecular weight is 266 g/mol. The number of hydrogen-bond acceptors (Lipinski definition) is 4. The van der Waals surface area contributed by atoms with Crippen molar-refractivity contribution < 1.29 is 0 Å². The van der Waals surface area contributed by atoms with Crippen LogP contribution < -0.4 is 5.32 Å². The summed E-state index contributed by atoms with van der Waals surface area (Å²) < 4.78 is 0. The molecule has 0 aromatic carbocycles. The first-order chi connectivity index (χ1) is 8.16. The smallest absolute Gasteiger partial charge is 0.107 e. The van der Waals surface area contributed by atoms with Crippen LogP contribution in [0.2, 0.25) is 0 Å². The highest BCUT2D eigenvalue weighted by atomic mass is 32.1. The van der Waals surface area contributed by atoms with Gasteiger partial charge in [-0.1, -0.05) is 19.9 Å². The lowest BCUT2D eigenvalue weighted by molar-refractivity contribution is 0.551. The van der Waals surface area contributed by atoms with Gasteiger partial charge in [0.2, 0.25) is 0 Å². The highest BCUT2D eigenvalue weighted by Crippen LogP contribution is 2.30. The Morgan fingerprint density at radius 2 is 2.24 bits per heavy atom. The van der Waals surface area contributed by atoms with E-state index in [4.69, 9.17) is 4.98 Å². The fourth-order valence-electron chi connectivity index (χ4n) is 1.64. The van der Waals surface area contributed by atoms with Crippen molar-refractivity contribution in [1.29, 1.82) is 0 Å². The van der Waals surface area contributed by atoms with E-state index in [0.29, 0.717) is 5.92 Å². The van der Waals surface area contributed by atoms with E-state index in [1.807, 2.05) is 0 Å². The van der Waals surface area contributed by atoms with E-state index in [-0.39, 0.29) is 0 Å². The molecule has 0 aliphatic rings. The summed E-state index contributed by atoms with van der Waals surface area (Å²) in [5, 5.41) is 6.73. The number of rotatable bonds is 5. The van der Waals surface area contributed by atoms with Crippen LogP contribution in [0.1, 0.15) is 23.7 Å². The molecule has 0 bridgehead atoms. The summed E-state index contributed by atoms with van der Waals surface area (Å²) in [5.41, 5.74) is 1.16. The molecular weight excluding hydrogens is 248 g/mol. The summed E-state index contributed by atoms with van der Waals surface area (Å²) in [7, 11) is 0. The largest absolute Gasteiger partial charge is 0.310 e. The molecule has 92 valence electrons. The van der Waals surface area contributed by atoms with Crippen LogP contribution in [0.5, 0.6) is 0 Å². The summed E-state index contributed by atoms with van der Waals surface area (Å²) in [6.07, 6.45) is 0. The molecule has 2 heterocycles. The van der Waals surface area contributed by atoms with Gasteiger partial charge in [-0.15, -0.1) is 22.7 Å². The number of aryl methyl sites for hydroxylation is 1. The number of aromatic nitrogens is 1. The van der Waals surface area contributed by atoms with E-state index in [9.17, 15) is 0 Å². The Hall–Kier alpha value is -0.710. The Morgan fingerprint density at radius 1 is 1.41 bits per heavy atom. The van der Waals surface area contributed by atoms with Crippen LogP contribution in [-0.4, -0.2) is 11.5 Å². The first kappa shape index (κ1) is 12.7. The first-order valence-electron chi connectivity index (χ1n) is 5.87. The van der Waals surface area contributed by atoms with Gasteiger partial charge in [0, 0.05) is 11.4 Å². The van der Waals surface area contributed by atoms with E-state index < -0.39 is 0 Å². The molecule has 0 saturated heterocycles. The predicted molar refractivity (Wildman–Crippen MR) is 76.7 cm³/mol. The monoisotopic (exact) mass is 266 g/mol. The zero-order valence-corrected chi connectivity index (χ0v) is 12.1. The third kappa shape index (κ3) is 3.37. The maximum atomic E-state index is 4.72. The molecule has 0 radical (unpaired) electrons. The molecule has 0 spiro atoms. The predicted octanol–water partition coefficient (Wildman–Crippen LogP) is 3.93. The highest BCUT2D eigenvalue weighted by Gasteiger charge is 2.10. The van der Waals surface area contributed by atoms with Gasteiger partial charge in [-0.25, -0.2) is 4.98 Å². The fourth-order valence-corrected chi connectivity index (χ4v) is 3.39. The summed E-state index contributed by atoms with van der Waals surface area (Å²) >= 11 is 3.55. The summed E-state index contributed by atoms with van der Waals surface area (Å²) in [6, 6.07) is 4.22. The van der Waals surface area contributed by atoms with Crippen molar-refractivity contribution in [3.8, 4) is 10.6 Å². The van der Waals surface area contributed by atoms with Crippen LogP contribution in [-0.2, 0) is 6.54 Å². The van der Waals surface area contributed by atoms with E-state index in [0.717, 1.165) is 18.8 Å². The van der Waals surface area contributed by atoms with Crippen LogP contribution >= 0.6 is 22.7 Å². The van der Waals surface area contributed by atoms with Gasteiger partial charge in [0.25, 0.3) is 0 Å². The topological polar surface area (TPSA) is 24.9 Å². The molecule has 0 saturated carbocycles. The van der Waals surface area contributed by atoms with Gasteiger partial charge in [0.15, 0.2) is 0 Å². The number of thiazole rings is 1. The van der Waals surface area contributed by atoms with E-state index in [1.54, 1.807) is 22.7 Å². The lowest BCUT2D eigenvalue weighted by Crippen LogP contribution is -2.18. The van der Waals surface area contributed by atoms with Crippen molar-refractivity contribution in [3.05, 3.63) is 27.4 Å². The molecule has 0 aliphatic heterocycles. The molecule has 0 aliphatic carbocycles. The Bertz CT molecular complexity index is 458. The minimum Gasteiger partial charge on any atom is -0.310 e. The Balaban J connectivity index is 2.04. The quantitative estimate of drug-likeness (QED) is 0.887. The van der Waals surface area contributed by atoms with Crippen LogP contribution in [0, 0.1) is 12.8 Å². The van der Waals surface area contributed by atoms with Crippen LogP contribution in [0.25, 0.3) is 10.6 Å². The van der Waals surface area contributed by atoms with E-state index in [1.165, 1.54) is 14.8 Å². The van der Waals surface area contributed by atoms with Crippen molar-refractivity contribution in [2.75, 3.05) is 6.54 Å². The van der Waals surface area contributed by atoms with Crippen molar-refractivity contribution in [2.24, 2.45) is 5.92 Å². The number of thiophene rings is 1. The number of nitrogens with one attached hydrogen (secondary N) is 1. The zero-order chi connectivity index (χ0) is 12.3. The molecule has 0 atom stereocenters. The van der Waals surface area contributed by atoms with Gasteiger partial charge in [-0.05, 0) is 30.8 Å². The summed E-state index contributed by atoms with van der Waals surface area (Å²) in [6.45, 7) is 8.52. The third-order valence-corrected chi connectivity index (χ3v) is 4.27. The third-order valence-electron chi connectivity index (χ3n) is 2.42. The molecule has 0 fully saturated rings. The highest BCUT2D eigenvalue weighted by molar-refractivity contribution is 7.15. The molecular formula is C13H18N2S2. The van der Waals surface area contributed by atoms with Crippen molar-refractivity contribution >= 4 is 22.7 Å². The molecule has 0 unspecified atom stereocenters. The van der Waals surface area contributed by atoms with Crippen molar-refractivity contribution in [2.45, 2.75) is 27.3 Å². The Kier molecular flexibility index (Phi) is 4.31. The standard InChI is InChI=1S/C13H18N2S2/c1-9(2)7-14-8-12-15-13(10(3)17-12)11-5-4-6-16-11/h4-6,9,14H,7-8H2,1-3H3. The molecule has 2 nitrogen and oxygen atoms in total. The molecule has 4 heteroatoms. The minimum atomic E-state index is 0.688. The SMILES string of the molecule is Cc1sc(CNCC(C)C)nc1-c1cccs1. The lowest BCUT2D eigenvalue weighted by atomic mass is 10.2. The second kappa shape index (κ2) is 5.76. The molecule has 1 N–H and O–H groups in total. The fraction of sp³-hybridized carbons (Fsp3) is 0.462. The normalized spacial score (nSPS) is 11.3. The van der Waals surface area contributed by atoms with Gasteiger partial charge in [-0.2, -0.15) is 0 Å². The van der Waals surface area contributed by atoms with Gasteiger partial charge >= 0.3 is 0 Å². The Labute approximate surface area is 111 Å². The van der Waals surface area contributed by atoms with E-state index in [2.05, 4.69) is 43.6 Å². The molecule has 2 aromatic heterocycles. The van der Waals surface area contributed by atoms with Crippen molar-refractivity contribution in [1.82, 2.24) is 10.3 Å². The molecule has 2 aromatic rings. The van der Waals surface area contributed by atoms with E-state index >= 15 is 0 Å². The van der Waals surface area contributed by atoms with Gasteiger partial charge in [0.05, 0.1) is 10.6 Å². The summed E-state index contributed by atoms with van der Waals surface area (Å²) in [4.78, 5) is 7.30. The second-order valence-corrected chi connectivity index (χ2v) is 6.75. The van der Waals surface area contributed by atoms with Crippen LogP contribution in [0.3, 0.4) is 0 Å². The van der Waals surface area contributed by atoms with Crippen LogP contribution in [0.15, 0.2) is 17.5 Å².